The molecule has 0 aromatic rings. The zero-order valence-electron chi connectivity index (χ0n) is 29.3. The van der Waals surface area contributed by atoms with Gasteiger partial charge < -0.3 is 35.7 Å². The Balaban J connectivity index is -0.000000285. The molecule has 0 aliphatic heterocycles. The van der Waals surface area contributed by atoms with Crippen molar-refractivity contribution >= 4 is 23.9 Å². The van der Waals surface area contributed by atoms with Crippen LogP contribution in [0.25, 0.3) is 0 Å². The number of aliphatic hydroxyl groups excluding tert-OH is 3. The highest BCUT2D eigenvalue weighted by molar-refractivity contribution is 5.69. The molecule has 7 N–H and O–H groups in total. The van der Waals surface area contributed by atoms with Gasteiger partial charge in [0.2, 0.25) is 0 Å². The van der Waals surface area contributed by atoms with E-state index in [1.165, 1.54) is 83.5 Å². The van der Waals surface area contributed by atoms with Gasteiger partial charge in [-0.3, -0.25) is 19.2 Å². The molecular formula is C35H70O11. The number of aliphatic carboxylic acids is 4. The maximum absolute atomic E-state index is 10.4. The Bertz CT molecular complexity index is 651. The molecule has 11 heteroatoms. The normalized spacial score (nSPS) is 10.8. The molecule has 0 aromatic carbocycles. The fraction of sp³-hybridized carbons (Fsp3) is 0.886. The van der Waals surface area contributed by atoms with Gasteiger partial charge in [0.25, 0.3) is 0 Å². The second kappa shape index (κ2) is 42.8. The van der Waals surface area contributed by atoms with E-state index in [4.69, 9.17) is 35.7 Å². The van der Waals surface area contributed by atoms with E-state index in [1.54, 1.807) is 0 Å². The van der Waals surface area contributed by atoms with Crippen molar-refractivity contribution in [2.24, 2.45) is 5.92 Å². The lowest BCUT2D eigenvalue weighted by Crippen LogP contribution is -2.15. The lowest BCUT2D eigenvalue weighted by molar-refractivity contribution is -0.142. The predicted octanol–water partition coefficient (Wildman–Crippen LogP) is 7.67. The zero-order chi connectivity index (χ0) is 35.8. The van der Waals surface area contributed by atoms with Crippen LogP contribution in [0.5, 0.6) is 0 Å². The van der Waals surface area contributed by atoms with Gasteiger partial charge in [0.15, 0.2) is 0 Å². The molecule has 0 aliphatic rings. The first kappa shape index (κ1) is 50.6. The molecule has 0 rings (SSSR count). The minimum Gasteiger partial charge on any atom is -0.481 e. The molecule has 0 amide bonds. The first-order chi connectivity index (χ1) is 21.9. The van der Waals surface area contributed by atoms with E-state index in [0.717, 1.165) is 38.5 Å². The molecule has 1 atom stereocenters. The molecule has 0 heterocycles. The van der Waals surface area contributed by atoms with Crippen molar-refractivity contribution in [3.8, 4) is 0 Å². The van der Waals surface area contributed by atoms with Gasteiger partial charge in [-0.1, -0.05) is 124 Å². The van der Waals surface area contributed by atoms with E-state index >= 15 is 0 Å². The number of carboxylic acid groups (broad SMARTS) is 4. The van der Waals surface area contributed by atoms with Gasteiger partial charge in [0.05, 0.1) is 19.1 Å². The maximum Gasteiger partial charge on any atom is 0.306 e. The second-order valence-corrected chi connectivity index (χ2v) is 11.7. The number of unbranched alkanes of at least 4 members (excludes halogenated alkanes) is 16. The molecule has 0 saturated heterocycles. The summed E-state index contributed by atoms with van der Waals surface area (Å²) < 4.78 is 0. The number of hydrogen-bond acceptors (Lipinski definition) is 7. The molecule has 46 heavy (non-hydrogen) atoms. The van der Waals surface area contributed by atoms with Crippen LogP contribution in [-0.2, 0) is 19.2 Å². The van der Waals surface area contributed by atoms with Crippen LogP contribution in [0.3, 0.4) is 0 Å². The van der Waals surface area contributed by atoms with Crippen molar-refractivity contribution in [1.29, 1.82) is 0 Å². The minimum atomic E-state index is -0.954. The monoisotopic (exact) mass is 666 g/mol. The van der Waals surface area contributed by atoms with E-state index in [-0.39, 0.29) is 32.0 Å². The van der Waals surface area contributed by atoms with Crippen LogP contribution < -0.4 is 0 Å². The van der Waals surface area contributed by atoms with E-state index in [0.29, 0.717) is 19.3 Å². The highest BCUT2D eigenvalue weighted by Crippen LogP contribution is 2.14. The van der Waals surface area contributed by atoms with Crippen LogP contribution in [0.4, 0.5) is 0 Å². The molecule has 0 bridgehead atoms. The summed E-state index contributed by atoms with van der Waals surface area (Å²) in [5.41, 5.74) is 0. The van der Waals surface area contributed by atoms with Gasteiger partial charge >= 0.3 is 23.9 Å². The first-order valence-corrected chi connectivity index (χ1v) is 17.7. The van der Waals surface area contributed by atoms with Crippen LogP contribution in [0, 0.1) is 5.92 Å². The van der Waals surface area contributed by atoms with Crippen molar-refractivity contribution in [3.05, 3.63) is 0 Å². The number of carbonyl (C=O) groups is 4. The molecule has 1 unspecified atom stereocenters. The second-order valence-electron chi connectivity index (χ2n) is 11.7. The van der Waals surface area contributed by atoms with Gasteiger partial charge in [-0.05, 0) is 32.1 Å². The molecule has 276 valence electrons. The van der Waals surface area contributed by atoms with Gasteiger partial charge in [-0.15, -0.1) is 0 Å². The maximum atomic E-state index is 10.4. The Morgan fingerprint density at radius 1 is 0.457 bits per heavy atom. The molecule has 0 aliphatic carbocycles. The van der Waals surface area contributed by atoms with Crippen molar-refractivity contribution in [2.45, 2.75) is 181 Å². The number of rotatable bonds is 28. The van der Waals surface area contributed by atoms with Crippen molar-refractivity contribution in [3.63, 3.8) is 0 Å². The predicted molar refractivity (Wildman–Crippen MR) is 182 cm³/mol. The van der Waals surface area contributed by atoms with Crippen LogP contribution in [-0.4, -0.2) is 78.9 Å². The van der Waals surface area contributed by atoms with Crippen LogP contribution in [0.2, 0.25) is 0 Å². The quantitative estimate of drug-likeness (QED) is 0.0403. The Morgan fingerprint density at radius 2 is 0.739 bits per heavy atom. The highest BCUT2D eigenvalue weighted by Gasteiger charge is 2.12. The third kappa shape index (κ3) is 54.3. The standard InChI is InChI=1S/C18H36O2.C8H16O2.C6H10O4.C3H8O3/c1-2-3-4-5-6-7-8-9-10-11-12-13-14-15-16-17-18(19)20;1-3-5-6-7(4-2)8(9)10;7-5(8)3-1-2-4-6(9)10;4-1-3(6)2-5/h2-17H2,1H3,(H,19,20);7H,3-6H2,1-2H3,(H,9,10);1-4H2,(H,7,8)(H,9,10);3-6H,1-2H2. The third-order valence-electron chi connectivity index (χ3n) is 7.20. The summed E-state index contributed by atoms with van der Waals surface area (Å²) in [5.74, 6) is -3.15. The van der Waals surface area contributed by atoms with Gasteiger partial charge in [-0.25, -0.2) is 0 Å². The average Bonchev–Trinajstić information content (AvgIpc) is 3.01. The number of hydrogen-bond donors (Lipinski definition) is 7. The van der Waals surface area contributed by atoms with E-state index in [1.807, 2.05) is 6.92 Å². The summed E-state index contributed by atoms with van der Waals surface area (Å²) in [4.78, 5) is 40.6. The van der Waals surface area contributed by atoms with Gasteiger partial charge in [0.1, 0.15) is 6.10 Å². The largest absolute Gasteiger partial charge is 0.481 e. The molecular weight excluding hydrogens is 596 g/mol. The summed E-state index contributed by atoms with van der Waals surface area (Å²) in [5, 5.41) is 57.4. The van der Waals surface area contributed by atoms with E-state index < -0.39 is 30.0 Å². The number of carboxylic acids is 4. The molecule has 11 nitrogen and oxygen atoms in total. The Kier molecular flexibility index (Phi) is 47.0. The minimum absolute atomic E-state index is 0.0628. The molecule has 0 radical (unpaired) electrons. The third-order valence-corrected chi connectivity index (χ3v) is 7.20. The smallest absolute Gasteiger partial charge is 0.306 e. The summed E-state index contributed by atoms with van der Waals surface area (Å²) in [7, 11) is 0. The van der Waals surface area contributed by atoms with Crippen molar-refractivity contribution in [1.82, 2.24) is 0 Å². The Hall–Kier alpha value is -2.24. The highest BCUT2D eigenvalue weighted by atomic mass is 16.4. The summed E-state index contributed by atoms with van der Waals surface area (Å²) in [6.45, 7) is 5.54. The van der Waals surface area contributed by atoms with E-state index in [2.05, 4.69) is 13.8 Å². The molecule has 0 spiro atoms. The number of aliphatic hydroxyl groups is 3. The van der Waals surface area contributed by atoms with Crippen LogP contribution in [0.1, 0.15) is 175 Å². The lowest BCUT2D eigenvalue weighted by atomic mass is 10.00. The fourth-order valence-corrected chi connectivity index (χ4v) is 4.21. The summed E-state index contributed by atoms with van der Waals surface area (Å²) in [6.07, 6.45) is 24.0. The summed E-state index contributed by atoms with van der Waals surface area (Å²) >= 11 is 0. The van der Waals surface area contributed by atoms with Crippen LogP contribution in [0.15, 0.2) is 0 Å². The van der Waals surface area contributed by atoms with Gasteiger partial charge in [0, 0.05) is 19.3 Å². The SMILES string of the molecule is CCCCC(CC)C(=O)O.CCCCCCCCCCCCCCCCCC(=O)O.O=C(O)CCCCC(=O)O.OCC(O)CO. The van der Waals surface area contributed by atoms with Gasteiger partial charge in [-0.2, -0.15) is 0 Å². The molecule has 0 aromatic heterocycles. The van der Waals surface area contributed by atoms with Crippen LogP contribution >= 0.6 is 0 Å². The molecule has 0 fully saturated rings. The fourth-order valence-electron chi connectivity index (χ4n) is 4.21. The Morgan fingerprint density at radius 3 is 0.957 bits per heavy atom. The van der Waals surface area contributed by atoms with Crippen molar-refractivity contribution < 1.29 is 54.9 Å². The zero-order valence-corrected chi connectivity index (χ0v) is 29.3. The first-order valence-electron chi connectivity index (χ1n) is 17.7. The Labute approximate surface area is 278 Å². The summed E-state index contributed by atoms with van der Waals surface area (Å²) in [6, 6.07) is 0. The van der Waals surface area contributed by atoms with Crippen molar-refractivity contribution in [2.75, 3.05) is 13.2 Å². The lowest BCUT2D eigenvalue weighted by Gasteiger charge is -2.06. The van der Waals surface area contributed by atoms with E-state index in [9.17, 15) is 19.2 Å². The topological polar surface area (TPSA) is 210 Å². The molecule has 0 saturated carbocycles. The average molecular weight is 667 g/mol.